The number of aryl methyl sites for hydroxylation is 1. The van der Waals surface area contributed by atoms with Gasteiger partial charge in [0.25, 0.3) is 5.91 Å². The highest BCUT2D eigenvalue weighted by molar-refractivity contribution is 5.94. The fourth-order valence-corrected chi connectivity index (χ4v) is 3.53. The molecule has 2 heterocycles. The van der Waals surface area contributed by atoms with E-state index in [1.54, 1.807) is 6.20 Å². The summed E-state index contributed by atoms with van der Waals surface area (Å²) in [5, 5.41) is 0. The van der Waals surface area contributed by atoms with E-state index in [1.165, 1.54) is 5.56 Å². The lowest BCUT2D eigenvalue weighted by molar-refractivity contribution is 0.0646. The summed E-state index contributed by atoms with van der Waals surface area (Å²) in [5.74, 6) is 0.547. The Morgan fingerprint density at radius 2 is 1.96 bits per heavy atom. The van der Waals surface area contributed by atoms with Gasteiger partial charge >= 0.3 is 0 Å². The molecule has 5 heteroatoms. The molecule has 0 saturated carbocycles. The molecular weight excluding hydrogens is 324 g/mol. The van der Waals surface area contributed by atoms with Crippen molar-refractivity contribution in [2.24, 2.45) is 0 Å². The van der Waals surface area contributed by atoms with Gasteiger partial charge in [-0.1, -0.05) is 30.3 Å². The Balaban J connectivity index is 1.50. The highest BCUT2D eigenvalue weighted by Crippen LogP contribution is 2.19. The Kier molecular flexibility index (Phi) is 5.89. The van der Waals surface area contributed by atoms with Crippen molar-refractivity contribution in [3.63, 3.8) is 0 Å². The van der Waals surface area contributed by atoms with E-state index >= 15 is 0 Å². The minimum absolute atomic E-state index is 0.0611. The maximum atomic E-state index is 12.7. The predicted molar refractivity (Wildman–Crippen MR) is 105 cm³/mol. The third-order valence-corrected chi connectivity index (χ3v) is 5.34. The number of nitrogens with zero attached hydrogens (tertiary/aromatic N) is 3. The maximum absolute atomic E-state index is 12.7. The molecule has 0 atom stereocenters. The van der Waals surface area contributed by atoms with Gasteiger partial charge in [0.1, 0.15) is 5.82 Å². The third kappa shape index (κ3) is 4.41. The van der Waals surface area contributed by atoms with E-state index in [0.29, 0.717) is 17.4 Å². The number of anilines is 1. The number of aromatic nitrogens is 1. The number of likely N-dealkylation sites (tertiary alicyclic amines) is 1. The van der Waals surface area contributed by atoms with E-state index in [-0.39, 0.29) is 5.91 Å². The Bertz CT molecular complexity index is 739. The molecule has 1 aliphatic heterocycles. The van der Waals surface area contributed by atoms with Crippen LogP contribution in [0.5, 0.6) is 0 Å². The minimum atomic E-state index is 0.0611. The van der Waals surface area contributed by atoms with Gasteiger partial charge in [0.05, 0.1) is 5.56 Å². The molecule has 138 valence electrons. The molecule has 2 aromatic rings. The molecule has 1 fully saturated rings. The summed E-state index contributed by atoms with van der Waals surface area (Å²) in [6.07, 6.45) is 4.67. The lowest BCUT2D eigenvalue weighted by Gasteiger charge is -2.37. The second-order valence-corrected chi connectivity index (χ2v) is 7.17. The molecule has 0 unspecified atom stereocenters. The second kappa shape index (κ2) is 8.32. The van der Waals surface area contributed by atoms with Crippen molar-refractivity contribution < 1.29 is 4.79 Å². The number of hydrogen-bond acceptors (Lipinski definition) is 4. The quantitative estimate of drug-likeness (QED) is 0.899. The van der Waals surface area contributed by atoms with Crippen LogP contribution < -0.4 is 5.73 Å². The number of pyridine rings is 1. The summed E-state index contributed by atoms with van der Waals surface area (Å²) >= 11 is 0. The largest absolute Gasteiger partial charge is 0.383 e. The van der Waals surface area contributed by atoms with Crippen molar-refractivity contribution in [1.29, 1.82) is 0 Å². The lowest BCUT2D eigenvalue weighted by atomic mass is 10.0. The summed E-state index contributed by atoms with van der Waals surface area (Å²) in [5.41, 5.74) is 8.61. The molecule has 5 nitrogen and oxygen atoms in total. The number of nitrogen functional groups attached to an aromatic ring is 1. The molecule has 0 spiro atoms. The average molecular weight is 352 g/mol. The number of benzene rings is 1. The van der Waals surface area contributed by atoms with Crippen molar-refractivity contribution in [2.75, 3.05) is 32.4 Å². The first-order valence-corrected chi connectivity index (χ1v) is 9.30. The van der Waals surface area contributed by atoms with Gasteiger partial charge in [0, 0.05) is 31.9 Å². The number of likely N-dealkylation sites (N-methyl/N-ethyl adjacent to an activating group) is 1. The van der Waals surface area contributed by atoms with E-state index < -0.39 is 0 Å². The van der Waals surface area contributed by atoms with Crippen LogP contribution in [0.3, 0.4) is 0 Å². The number of rotatable bonds is 5. The topological polar surface area (TPSA) is 62.5 Å². The Hall–Kier alpha value is -2.40. The Morgan fingerprint density at radius 1 is 1.27 bits per heavy atom. The summed E-state index contributed by atoms with van der Waals surface area (Å²) < 4.78 is 0. The molecule has 0 bridgehead atoms. The van der Waals surface area contributed by atoms with Gasteiger partial charge in [0.2, 0.25) is 0 Å². The van der Waals surface area contributed by atoms with Crippen LogP contribution in [0.15, 0.2) is 42.6 Å². The lowest BCUT2D eigenvalue weighted by Crippen LogP contribution is -2.46. The van der Waals surface area contributed by atoms with E-state index in [2.05, 4.69) is 47.3 Å². The smallest absolute Gasteiger partial charge is 0.255 e. The highest BCUT2D eigenvalue weighted by Gasteiger charge is 2.26. The van der Waals surface area contributed by atoms with Gasteiger partial charge < -0.3 is 15.5 Å². The zero-order chi connectivity index (χ0) is 18.5. The van der Waals surface area contributed by atoms with Crippen LogP contribution in [-0.2, 0) is 6.42 Å². The highest BCUT2D eigenvalue weighted by atomic mass is 16.2. The number of amides is 1. The van der Waals surface area contributed by atoms with Crippen molar-refractivity contribution in [3.8, 4) is 0 Å². The van der Waals surface area contributed by atoms with E-state index in [4.69, 9.17) is 5.73 Å². The van der Waals surface area contributed by atoms with Gasteiger partial charge in [-0.15, -0.1) is 0 Å². The van der Waals surface area contributed by atoms with Crippen LogP contribution in [0.25, 0.3) is 0 Å². The Labute approximate surface area is 155 Å². The van der Waals surface area contributed by atoms with E-state index in [9.17, 15) is 4.79 Å². The van der Waals surface area contributed by atoms with Gasteiger partial charge in [-0.3, -0.25) is 4.79 Å². The molecule has 3 rings (SSSR count). The van der Waals surface area contributed by atoms with Crippen LogP contribution in [0, 0.1) is 6.92 Å². The molecule has 1 aromatic heterocycles. The average Bonchev–Trinajstić information content (AvgIpc) is 2.68. The maximum Gasteiger partial charge on any atom is 0.255 e. The van der Waals surface area contributed by atoms with Crippen LogP contribution in [0.1, 0.15) is 34.3 Å². The van der Waals surface area contributed by atoms with Gasteiger partial charge in [0.15, 0.2) is 0 Å². The van der Waals surface area contributed by atoms with Crippen LogP contribution >= 0.6 is 0 Å². The number of carbonyl (C=O) groups excluding carboxylic acids is 1. The SMILES string of the molecule is Cc1cc(C(=O)N2CCC(N(C)CCc3ccccc3)CC2)cnc1N. The molecule has 0 radical (unpaired) electrons. The zero-order valence-corrected chi connectivity index (χ0v) is 15.7. The molecule has 0 aliphatic carbocycles. The number of piperidine rings is 1. The van der Waals surface area contributed by atoms with Crippen molar-refractivity contribution in [2.45, 2.75) is 32.2 Å². The minimum Gasteiger partial charge on any atom is -0.383 e. The predicted octanol–water partition coefficient (Wildman–Crippen LogP) is 2.75. The summed E-state index contributed by atoms with van der Waals surface area (Å²) in [4.78, 5) is 21.2. The fraction of sp³-hybridized carbons (Fsp3) is 0.429. The third-order valence-electron chi connectivity index (χ3n) is 5.34. The molecular formula is C21H28N4O. The van der Waals surface area contributed by atoms with Gasteiger partial charge in [-0.25, -0.2) is 4.98 Å². The van der Waals surface area contributed by atoms with E-state index in [0.717, 1.165) is 44.5 Å². The summed E-state index contributed by atoms with van der Waals surface area (Å²) in [6, 6.07) is 13.0. The normalized spacial score (nSPS) is 15.4. The molecule has 2 N–H and O–H groups in total. The first kappa shape index (κ1) is 18.4. The zero-order valence-electron chi connectivity index (χ0n) is 15.7. The summed E-state index contributed by atoms with van der Waals surface area (Å²) in [7, 11) is 2.19. The second-order valence-electron chi connectivity index (χ2n) is 7.17. The van der Waals surface area contributed by atoms with Crippen molar-refractivity contribution >= 4 is 11.7 Å². The molecule has 1 aliphatic rings. The first-order valence-electron chi connectivity index (χ1n) is 9.30. The molecule has 1 amide bonds. The number of carbonyl (C=O) groups is 1. The van der Waals surface area contributed by atoms with Crippen LogP contribution in [0.2, 0.25) is 0 Å². The standard InChI is InChI=1S/C21H28N4O/c1-16-14-18(15-23-20(16)22)21(26)25-12-9-19(10-13-25)24(2)11-8-17-6-4-3-5-7-17/h3-7,14-15,19H,8-13H2,1-2H3,(H2,22,23). The molecule has 1 aromatic carbocycles. The molecule has 26 heavy (non-hydrogen) atoms. The number of hydrogen-bond donors (Lipinski definition) is 1. The van der Waals surface area contributed by atoms with Crippen molar-refractivity contribution in [3.05, 3.63) is 59.3 Å². The first-order chi connectivity index (χ1) is 12.5. The summed E-state index contributed by atoms with van der Waals surface area (Å²) in [6.45, 7) is 4.52. The van der Waals surface area contributed by atoms with Gasteiger partial charge in [-0.2, -0.15) is 0 Å². The van der Waals surface area contributed by atoms with E-state index in [1.807, 2.05) is 17.9 Å². The monoisotopic (exact) mass is 352 g/mol. The fourth-order valence-electron chi connectivity index (χ4n) is 3.53. The van der Waals surface area contributed by atoms with Crippen LogP contribution in [0.4, 0.5) is 5.82 Å². The Morgan fingerprint density at radius 3 is 2.62 bits per heavy atom. The molecule has 1 saturated heterocycles. The van der Waals surface area contributed by atoms with Crippen LogP contribution in [-0.4, -0.2) is 53.4 Å². The van der Waals surface area contributed by atoms with Crippen molar-refractivity contribution in [1.82, 2.24) is 14.8 Å². The van der Waals surface area contributed by atoms with Gasteiger partial charge in [-0.05, 0) is 50.4 Å². The number of nitrogens with two attached hydrogens (primary N) is 1.